The van der Waals surface area contributed by atoms with Crippen molar-refractivity contribution >= 4 is 23.6 Å². The summed E-state index contributed by atoms with van der Waals surface area (Å²) < 4.78 is 6.39. The predicted octanol–water partition coefficient (Wildman–Crippen LogP) is 2.30. The van der Waals surface area contributed by atoms with Crippen molar-refractivity contribution in [3.63, 3.8) is 0 Å². The fourth-order valence-corrected chi connectivity index (χ4v) is 5.43. The van der Waals surface area contributed by atoms with E-state index in [-0.39, 0.29) is 23.5 Å². The van der Waals surface area contributed by atoms with Gasteiger partial charge in [0.05, 0.1) is 18.2 Å². The maximum absolute atomic E-state index is 12.8. The first-order valence-electron chi connectivity index (χ1n) is 9.76. The van der Waals surface area contributed by atoms with E-state index in [9.17, 15) is 9.59 Å². The Hall–Kier alpha value is -0.750. The summed E-state index contributed by atoms with van der Waals surface area (Å²) >= 11 is 1.70. The Morgan fingerprint density at radius 2 is 2.12 bits per heavy atom. The van der Waals surface area contributed by atoms with Crippen LogP contribution in [0.25, 0.3) is 0 Å². The zero-order valence-electron chi connectivity index (χ0n) is 15.8. The first-order chi connectivity index (χ1) is 12.0. The largest absolute Gasteiger partial charge is 0.369 e. The van der Waals surface area contributed by atoms with E-state index in [0.717, 1.165) is 44.5 Å². The second-order valence-electron chi connectivity index (χ2n) is 7.81. The van der Waals surface area contributed by atoms with Crippen molar-refractivity contribution in [3.8, 4) is 0 Å². The van der Waals surface area contributed by atoms with Crippen LogP contribution in [0.3, 0.4) is 0 Å². The number of nitrogens with zero attached hydrogens (tertiary/aromatic N) is 1. The number of fused-ring (bicyclic) bond motifs is 1. The van der Waals surface area contributed by atoms with E-state index in [1.165, 1.54) is 0 Å². The molecule has 0 radical (unpaired) electrons. The molecule has 3 aliphatic rings. The Labute approximate surface area is 155 Å². The van der Waals surface area contributed by atoms with Gasteiger partial charge in [-0.25, -0.2) is 0 Å². The van der Waals surface area contributed by atoms with Crippen LogP contribution in [0.5, 0.6) is 0 Å². The Morgan fingerprint density at radius 3 is 2.80 bits per heavy atom. The van der Waals surface area contributed by atoms with E-state index in [0.29, 0.717) is 30.7 Å². The molecular weight excluding hydrogens is 336 g/mol. The molecule has 6 heteroatoms. The standard InChI is InChI=1S/C19H32N2O3S/c1-4-13(5-2)18(23)21-11-15-14(10-20-17(22)7-9-25-3)16-6-8-19(15,12-21)24-16/h13-16H,4-12H2,1-3H3,(H,20,22)/t14-,15+,16+,19+/m0/s1. The molecule has 3 heterocycles. The third kappa shape index (κ3) is 3.57. The summed E-state index contributed by atoms with van der Waals surface area (Å²) in [7, 11) is 0. The Kier molecular flexibility index (Phi) is 5.99. The van der Waals surface area contributed by atoms with Crippen LogP contribution in [-0.2, 0) is 14.3 Å². The van der Waals surface area contributed by atoms with Crippen LogP contribution in [0.2, 0.25) is 0 Å². The first kappa shape index (κ1) is 19.0. The van der Waals surface area contributed by atoms with Crippen molar-refractivity contribution in [3.05, 3.63) is 0 Å². The summed E-state index contributed by atoms with van der Waals surface area (Å²) in [5.41, 5.74) is -0.138. The maximum atomic E-state index is 12.8. The van der Waals surface area contributed by atoms with E-state index in [4.69, 9.17) is 4.74 Å². The second-order valence-corrected chi connectivity index (χ2v) is 8.79. The van der Waals surface area contributed by atoms with E-state index in [2.05, 4.69) is 19.2 Å². The van der Waals surface area contributed by atoms with Crippen LogP contribution in [0.1, 0.15) is 46.0 Å². The van der Waals surface area contributed by atoms with E-state index >= 15 is 0 Å². The minimum atomic E-state index is -0.138. The lowest BCUT2D eigenvalue weighted by Crippen LogP contribution is -2.41. The number of carbonyl (C=O) groups excluding carboxylic acids is 2. The maximum Gasteiger partial charge on any atom is 0.225 e. The minimum absolute atomic E-state index is 0.133. The van der Waals surface area contributed by atoms with E-state index in [1.807, 2.05) is 11.2 Å². The van der Waals surface area contributed by atoms with Crippen LogP contribution in [0.4, 0.5) is 0 Å². The summed E-state index contributed by atoms with van der Waals surface area (Å²) in [5, 5.41) is 3.11. The number of amides is 2. The lowest BCUT2D eigenvalue weighted by atomic mass is 9.73. The van der Waals surface area contributed by atoms with Gasteiger partial charge >= 0.3 is 0 Å². The first-order valence-corrected chi connectivity index (χ1v) is 11.2. The summed E-state index contributed by atoms with van der Waals surface area (Å²) in [5.74, 6) is 2.16. The molecule has 3 aliphatic heterocycles. The number of thioether (sulfide) groups is 1. The number of ether oxygens (including phenoxy) is 1. The summed E-state index contributed by atoms with van der Waals surface area (Å²) in [6, 6.07) is 0. The van der Waals surface area contributed by atoms with Gasteiger partial charge < -0.3 is 15.0 Å². The van der Waals surface area contributed by atoms with Gasteiger partial charge in [0.15, 0.2) is 0 Å². The highest BCUT2D eigenvalue weighted by atomic mass is 32.2. The fourth-order valence-electron chi connectivity index (χ4n) is 5.04. The third-order valence-corrected chi connectivity index (χ3v) is 7.11. The number of nitrogens with one attached hydrogen (secondary N) is 1. The van der Waals surface area contributed by atoms with Gasteiger partial charge in [0.1, 0.15) is 0 Å². The van der Waals surface area contributed by atoms with Gasteiger partial charge in [0.2, 0.25) is 11.8 Å². The highest BCUT2D eigenvalue weighted by Crippen LogP contribution is 2.54. The van der Waals surface area contributed by atoms with Crippen LogP contribution >= 0.6 is 11.8 Å². The molecule has 25 heavy (non-hydrogen) atoms. The van der Waals surface area contributed by atoms with Gasteiger partial charge in [-0.05, 0) is 31.9 Å². The van der Waals surface area contributed by atoms with Crippen molar-refractivity contribution in [2.24, 2.45) is 17.8 Å². The normalized spacial score (nSPS) is 33.1. The molecule has 0 aliphatic carbocycles. The minimum Gasteiger partial charge on any atom is -0.369 e. The Bertz CT molecular complexity index is 511. The highest BCUT2D eigenvalue weighted by molar-refractivity contribution is 7.98. The molecule has 0 aromatic rings. The molecule has 0 aromatic heterocycles. The molecule has 3 fully saturated rings. The molecule has 2 amide bonds. The molecule has 1 N–H and O–H groups in total. The average Bonchev–Trinajstić information content (AvgIpc) is 3.27. The van der Waals surface area contributed by atoms with Crippen molar-refractivity contribution in [2.45, 2.75) is 57.7 Å². The van der Waals surface area contributed by atoms with Gasteiger partial charge in [-0.15, -0.1) is 0 Å². The van der Waals surface area contributed by atoms with Gasteiger partial charge in [-0.3, -0.25) is 9.59 Å². The molecule has 0 saturated carbocycles. The molecule has 0 unspecified atom stereocenters. The smallest absolute Gasteiger partial charge is 0.225 e. The molecule has 3 rings (SSSR count). The molecule has 5 nitrogen and oxygen atoms in total. The molecule has 3 saturated heterocycles. The zero-order valence-corrected chi connectivity index (χ0v) is 16.6. The number of likely N-dealkylation sites (tertiary alicyclic amines) is 1. The van der Waals surface area contributed by atoms with Crippen molar-refractivity contribution < 1.29 is 14.3 Å². The summed E-state index contributed by atoms with van der Waals surface area (Å²) in [6.45, 7) is 6.43. The van der Waals surface area contributed by atoms with Crippen molar-refractivity contribution in [1.29, 1.82) is 0 Å². The van der Waals surface area contributed by atoms with Gasteiger partial charge in [0.25, 0.3) is 0 Å². The van der Waals surface area contributed by atoms with Crippen LogP contribution in [0.15, 0.2) is 0 Å². The van der Waals surface area contributed by atoms with Crippen LogP contribution < -0.4 is 5.32 Å². The zero-order chi connectivity index (χ0) is 18.0. The van der Waals surface area contributed by atoms with Gasteiger partial charge in [-0.2, -0.15) is 11.8 Å². The monoisotopic (exact) mass is 368 g/mol. The van der Waals surface area contributed by atoms with Gasteiger partial charge in [-0.1, -0.05) is 13.8 Å². The lowest BCUT2D eigenvalue weighted by Gasteiger charge is -2.29. The van der Waals surface area contributed by atoms with Crippen LogP contribution in [-0.4, -0.2) is 60.1 Å². The second kappa shape index (κ2) is 7.87. The summed E-state index contributed by atoms with van der Waals surface area (Å²) in [4.78, 5) is 26.8. The van der Waals surface area contributed by atoms with Gasteiger partial charge in [0, 0.05) is 43.0 Å². The topological polar surface area (TPSA) is 58.6 Å². The highest BCUT2D eigenvalue weighted by Gasteiger charge is 2.63. The predicted molar refractivity (Wildman–Crippen MR) is 100 cm³/mol. The third-order valence-electron chi connectivity index (χ3n) is 6.50. The average molecular weight is 369 g/mol. The molecular formula is C19H32N2O3S. The molecule has 2 bridgehead atoms. The van der Waals surface area contributed by atoms with Crippen molar-refractivity contribution in [2.75, 3.05) is 31.6 Å². The Morgan fingerprint density at radius 1 is 1.36 bits per heavy atom. The van der Waals surface area contributed by atoms with E-state index < -0.39 is 0 Å². The fraction of sp³-hybridized carbons (Fsp3) is 0.895. The SMILES string of the molecule is CCC(CC)C(=O)N1C[C@@H]2[C@H](CNC(=O)CCSC)[C@H]3CC[C@]2(C1)O3. The number of hydrogen-bond acceptors (Lipinski definition) is 4. The van der Waals surface area contributed by atoms with Crippen molar-refractivity contribution in [1.82, 2.24) is 10.2 Å². The number of rotatable bonds is 8. The Balaban J connectivity index is 1.61. The summed E-state index contributed by atoms with van der Waals surface area (Å²) in [6.07, 6.45) is 6.79. The van der Waals surface area contributed by atoms with E-state index in [1.54, 1.807) is 11.8 Å². The molecule has 0 aromatic carbocycles. The number of carbonyl (C=O) groups is 2. The molecule has 4 atom stereocenters. The quantitative estimate of drug-likeness (QED) is 0.714. The lowest BCUT2D eigenvalue weighted by molar-refractivity contribution is -0.136. The molecule has 1 spiro atoms. The number of hydrogen-bond donors (Lipinski definition) is 1. The van der Waals surface area contributed by atoms with Crippen LogP contribution in [0, 0.1) is 17.8 Å². The molecule has 142 valence electrons.